The van der Waals surface area contributed by atoms with E-state index in [1.165, 1.54) is 0 Å². The summed E-state index contributed by atoms with van der Waals surface area (Å²) in [6.07, 6.45) is 2.12. The first kappa shape index (κ1) is 11.7. The Balaban J connectivity index is 2.92. The maximum absolute atomic E-state index is 12.1. The van der Waals surface area contributed by atoms with Gasteiger partial charge in [0.15, 0.2) is 0 Å². The number of Topliss-reactive ketones (excluding diaryl/α,β-unsaturated/α-hetero) is 1. The maximum atomic E-state index is 12.1. The van der Waals surface area contributed by atoms with E-state index in [9.17, 15) is 4.79 Å². The molecule has 0 saturated heterocycles. The Bertz CT molecular complexity index is 216. The highest BCUT2D eigenvalue weighted by atomic mass is 16.1. The summed E-state index contributed by atoms with van der Waals surface area (Å²) < 4.78 is 0. The fourth-order valence-electron chi connectivity index (χ4n) is 2.96. The molecule has 1 saturated carbocycles. The van der Waals surface area contributed by atoms with E-state index in [1.54, 1.807) is 0 Å². The van der Waals surface area contributed by atoms with E-state index in [0.29, 0.717) is 17.6 Å². The summed E-state index contributed by atoms with van der Waals surface area (Å²) in [5.41, 5.74) is -0.229. The van der Waals surface area contributed by atoms with Gasteiger partial charge in [0, 0.05) is 10.8 Å². The first-order valence-corrected chi connectivity index (χ1v) is 5.72. The Morgan fingerprint density at radius 3 is 1.71 bits per heavy atom. The first-order chi connectivity index (χ1) is 6.17. The second-order valence-corrected chi connectivity index (χ2v) is 6.51. The lowest BCUT2D eigenvalue weighted by atomic mass is 9.58. The molecule has 0 amide bonds. The molecule has 82 valence electrons. The molecule has 0 aliphatic heterocycles. The number of carbonyl (C=O) groups is 1. The van der Waals surface area contributed by atoms with E-state index in [1.807, 2.05) is 0 Å². The molecule has 1 nitrogen and oxygen atoms in total. The third kappa shape index (κ3) is 2.02. The molecule has 0 aromatic rings. The third-order valence-corrected chi connectivity index (χ3v) is 3.72. The second-order valence-electron chi connectivity index (χ2n) is 6.51. The van der Waals surface area contributed by atoms with Gasteiger partial charge in [-0.2, -0.15) is 0 Å². The Hall–Kier alpha value is -0.330. The molecule has 0 bridgehead atoms. The molecule has 0 N–H and O–H groups in total. The maximum Gasteiger partial charge on any atom is 0.144 e. The van der Waals surface area contributed by atoms with E-state index >= 15 is 0 Å². The molecule has 0 radical (unpaired) electrons. The Morgan fingerprint density at radius 1 is 1.07 bits per heavy atom. The quantitative estimate of drug-likeness (QED) is 0.625. The first-order valence-electron chi connectivity index (χ1n) is 5.72. The molecule has 1 rings (SSSR count). The summed E-state index contributed by atoms with van der Waals surface area (Å²) in [6.45, 7) is 13.0. The molecule has 0 aromatic heterocycles. The summed E-state index contributed by atoms with van der Waals surface area (Å²) in [4.78, 5) is 12.1. The fourth-order valence-corrected chi connectivity index (χ4v) is 2.96. The largest absolute Gasteiger partial charge is 0.299 e. The summed E-state index contributed by atoms with van der Waals surface area (Å²) >= 11 is 0. The van der Waals surface area contributed by atoms with Gasteiger partial charge in [0.2, 0.25) is 0 Å². The molecular weight excluding hydrogens is 172 g/mol. The zero-order valence-corrected chi connectivity index (χ0v) is 10.5. The molecule has 14 heavy (non-hydrogen) atoms. The number of ketones is 1. The monoisotopic (exact) mass is 196 g/mol. The summed E-state index contributed by atoms with van der Waals surface area (Å²) in [7, 11) is 0. The summed E-state index contributed by atoms with van der Waals surface area (Å²) in [5, 5.41) is 0. The summed E-state index contributed by atoms with van der Waals surface area (Å²) in [5.74, 6) is 1.85. The van der Waals surface area contributed by atoms with Gasteiger partial charge in [-0.25, -0.2) is 0 Å². The Labute approximate surface area is 88.3 Å². The van der Waals surface area contributed by atoms with Crippen molar-refractivity contribution in [2.24, 2.45) is 22.7 Å². The average molecular weight is 196 g/mol. The number of hydrogen-bond donors (Lipinski definition) is 0. The van der Waals surface area contributed by atoms with Crippen LogP contribution in [0, 0.1) is 22.7 Å². The molecule has 1 fully saturated rings. The van der Waals surface area contributed by atoms with Gasteiger partial charge in [0.1, 0.15) is 5.78 Å². The van der Waals surface area contributed by atoms with Crippen LogP contribution in [-0.2, 0) is 4.79 Å². The summed E-state index contributed by atoms with van der Waals surface area (Å²) in [6, 6.07) is 0. The standard InChI is InChI=1S/C13H24O/c1-9(2)10-7-12(3,4)11(14)13(5,6)8-10/h9-10H,7-8H2,1-6H3. The highest BCUT2D eigenvalue weighted by Gasteiger charge is 2.46. The number of hydrogen-bond acceptors (Lipinski definition) is 1. The van der Waals surface area contributed by atoms with Gasteiger partial charge in [0.25, 0.3) is 0 Å². The minimum absolute atomic E-state index is 0.114. The zero-order valence-electron chi connectivity index (χ0n) is 10.5. The van der Waals surface area contributed by atoms with Crippen LogP contribution in [-0.4, -0.2) is 5.78 Å². The van der Waals surface area contributed by atoms with Crippen molar-refractivity contribution >= 4 is 5.78 Å². The zero-order chi connectivity index (χ0) is 11.1. The van der Waals surface area contributed by atoms with Crippen molar-refractivity contribution in [1.82, 2.24) is 0 Å². The van der Waals surface area contributed by atoms with Gasteiger partial charge < -0.3 is 0 Å². The molecule has 0 unspecified atom stereocenters. The number of carbonyl (C=O) groups excluding carboxylic acids is 1. The minimum atomic E-state index is -0.114. The van der Waals surface area contributed by atoms with E-state index in [-0.39, 0.29) is 10.8 Å². The molecular formula is C13H24O. The van der Waals surface area contributed by atoms with E-state index < -0.39 is 0 Å². The fraction of sp³-hybridized carbons (Fsp3) is 0.923. The van der Waals surface area contributed by atoms with E-state index in [4.69, 9.17) is 0 Å². The third-order valence-electron chi connectivity index (χ3n) is 3.72. The van der Waals surface area contributed by atoms with Crippen LogP contribution in [0.5, 0.6) is 0 Å². The van der Waals surface area contributed by atoms with Crippen LogP contribution < -0.4 is 0 Å². The van der Waals surface area contributed by atoms with Crippen LogP contribution in [0.15, 0.2) is 0 Å². The molecule has 0 aromatic carbocycles. The average Bonchev–Trinajstić information content (AvgIpc) is 1.98. The van der Waals surface area contributed by atoms with Gasteiger partial charge in [0.05, 0.1) is 0 Å². The van der Waals surface area contributed by atoms with Gasteiger partial charge >= 0.3 is 0 Å². The lowest BCUT2D eigenvalue weighted by molar-refractivity contribution is -0.142. The van der Waals surface area contributed by atoms with Crippen molar-refractivity contribution in [1.29, 1.82) is 0 Å². The predicted molar refractivity (Wildman–Crippen MR) is 60.1 cm³/mol. The SMILES string of the molecule is CC(C)C1CC(C)(C)C(=O)C(C)(C)C1. The predicted octanol–water partition coefficient (Wildman–Crippen LogP) is 3.67. The van der Waals surface area contributed by atoms with Crippen LogP contribution in [0.1, 0.15) is 54.4 Å². The van der Waals surface area contributed by atoms with Crippen LogP contribution in [0.2, 0.25) is 0 Å². The van der Waals surface area contributed by atoms with Crippen molar-refractivity contribution in [3.63, 3.8) is 0 Å². The molecule has 0 heterocycles. The van der Waals surface area contributed by atoms with Crippen LogP contribution in [0.25, 0.3) is 0 Å². The van der Waals surface area contributed by atoms with Crippen LogP contribution >= 0.6 is 0 Å². The van der Waals surface area contributed by atoms with Crippen molar-refractivity contribution in [3.05, 3.63) is 0 Å². The topological polar surface area (TPSA) is 17.1 Å². The number of rotatable bonds is 1. The van der Waals surface area contributed by atoms with E-state index in [2.05, 4.69) is 41.5 Å². The molecule has 1 heteroatoms. The highest BCUT2D eigenvalue weighted by Crippen LogP contribution is 2.47. The normalized spacial score (nSPS) is 26.9. The van der Waals surface area contributed by atoms with Crippen molar-refractivity contribution in [3.8, 4) is 0 Å². The molecule has 1 aliphatic rings. The van der Waals surface area contributed by atoms with Gasteiger partial charge in [-0.1, -0.05) is 41.5 Å². The Kier molecular flexibility index (Phi) is 2.82. The second kappa shape index (κ2) is 3.36. The highest BCUT2D eigenvalue weighted by molar-refractivity contribution is 5.89. The molecule has 0 atom stereocenters. The van der Waals surface area contributed by atoms with Crippen molar-refractivity contribution in [2.75, 3.05) is 0 Å². The molecule has 0 spiro atoms. The lowest BCUT2D eigenvalue weighted by Gasteiger charge is -2.44. The van der Waals surface area contributed by atoms with Crippen molar-refractivity contribution in [2.45, 2.75) is 54.4 Å². The van der Waals surface area contributed by atoms with Gasteiger partial charge in [-0.15, -0.1) is 0 Å². The van der Waals surface area contributed by atoms with Crippen LogP contribution in [0.4, 0.5) is 0 Å². The molecule has 1 aliphatic carbocycles. The minimum Gasteiger partial charge on any atom is -0.299 e. The van der Waals surface area contributed by atoms with E-state index in [0.717, 1.165) is 12.8 Å². The van der Waals surface area contributed by atoms with Gasteiger partial charge in [-0.3, -0.25) is 4.79 Å². The van der Waals surface area contributed by atoms with Crippen LogP contribution in [0.3, 0.4) is 0 Å². The Morgan fingerprint density at radius 2 is 1.43 bits per heavy atom. The van der Waals surface area contributed by atoms with Crippen molar-refractivity contribution < 1.29 is 4.79 Å². The smallest absolute Gasteiger partial charge is 0.144 e. The lowest BCUT2D eigenvalue weighted by Crippen LogP contribution is -2.45. The van der Waals surface area contributed by atoms with Gasteiger partial charge in [-0.05, 0) is 24.7 Å².